The average molecular weight is 426 g/mol. The van der Waals surface area contributed by atoms with Crippen molar-refractivity contribution in [1.29, 1.82) is 0 Å². The number of aryl methyl sites for hydroxylation is 1. The fourth-order valence-corrected chi connectivity index (χ4v) is 3.98. The molecule has 0 saturated carbocycles. The summed E-state index contributed by atoms with van der Waals surface area (Å²) in [6.45, 7) is 8.71. The van der Waals surface area contributed by atoms with Crippen LogP contribution in [0.5, 0.6) is 5.75 Å². The number of carbonyl (C=O) groups is 1. The zero-order valence-electron chi connectivity index (χ0n) is 18.5. The Kier molecular flexibility index (Phi) is 6.41. The number of nitrogens with one attached hydrogen (secondary N) is 1. The molecule has 0 unspecified atom stereocenters. The second kappa shape index (κ2) is 9.38. The highest BCUT2D eigenvalue weighted by molar-refractivity contribution is 5.91. The molecule has 0 radical (unpaired) electrons. The van der Waals surface area contributed by atoms with E-state index in [9.17, 15) is 4.79 Å². The van der Waals surface area contributed by atoms with Gasteiger partial charge in [0.1, 0.15) is 23.2 Å². The molecule has 2 fully saturated rings. The normalized spacial score (nSPS) is 17.6. The van der Waals surface area contributed by atoms with Gasteiger partial charge in [-0.05, 0) is 26.1 Å². The minimum absolute atomic E-state index is 0.110. The van der Waals surface area contributed by atoms with E-state index in [0.717, 1.165) is 56.7 Å². The summed E-state index contributed by atoms with van der Waals surface area (Å²) in [5, 5.41) is 2.96. The molecule has 2 aliphatic rings. The van der Waals surface area contributed by atoms with Crippen LogP contribution in [0.15, 0.2) is 30.3 Å². The van der Waals surface area contributed by atoms with E-state index in [1.165, 1.54) is 0 Å². The predicted molar refractivity (Wildman–Crippen MR) is 122 cm³/mol. The number of para-hydroxylation sites is 2. The first-order valence-corrected chi connectivity index (χ1v) is 10.8. The lowest BCUT2D eigenvalue weighted by molar-refractivity contribution is 0.208. The highest BCUT2D eigenvalue weighted by Crippen LogP contribution is 2.24. The molecule has 0 bridgehead atoms. The van der Waals surface area contributed by atoms with Crippen LogP contribution < -0.4 is 19.9 Å². The molecule has 1 aromatic carbocycles. The minimum atomic E-state index is -0.110. The number of piperazine rings is 2. The van der Waals surface area contributed by atoms with Gasteiger partial charge in [0, 0.05) is 58.4 Å². The molecular formula is C22H31N7O2. The summed E-state index contributed by atoms with van der Waals surface area (Å²) in [6.07, 6.45) is 0. The highest BCUT2D eigenvalue weighted by atomic mass is 16.5. The smallest absolute Gasteiger partial charge is 0.322 e. The monoisotopic (exact) mass is 425 g/mol. The SMILES string of the molecule is COc1ccccc1NC(=O)N1CCN(c2cc(N3CCN(C)CC3)nc(C)n2)CC1. The van der Waals surface area contributed by atoms with Crippen LogP contribution in [0.2, 0.25) is 0 Å². The van der Waals surface area contributed by atoms with Crippen LogP contribution in [0.4, 0.5) is 22.1 Å². The maximum absolute atomic E-state index is 12.7. The second-order valence-electron chi connectivity index (χ2n) is 8.03. The van der Waals surface area contributed by atoms with Gasteiger partial charge in [-0.25, -0.2) is 14.8 Å². The van der Waals surface area contributed by atoms with Gasteiger partial charge in [-0.2, -0.15) is 0 Å². The molecule has 3 heterocycles. The number of ether oxygens (including phenoxy) is 1. The summed E-state index contributed by atoms with van der Waals surface area (Å²) in [6, 6.07) is 9.42. The lowest BCUT2D eigenvalue weighted by atomic mass is 10.2. The maximum atomic E-state index is 12.7. The van der Waals surface area contributed by atoms with Gasteiger partial charge in [0.05, 0.1) is 12.8 Å². The van der Waals surface area contributed by atoms with Crippen molar-refractivity contribution >= 4 is 23.4 Å². The van der Waals surface area contributed by atoms with Crippen LogP contribution in [-0.4, -0.2) is 92.3 Å². The van der Waals surface area contributed by atoms with Gasteiger partial charge in [-0.15, -0.1) is 0 Å². The Bertz CT molecular complexity index is 906. The van der Waals surface area contributed by atoms with Crippen LogP contribution >= 0.6 is 0 Å². The molecule has 166 valence electrons. The van der Waals surface area contributed by atoms with Crippen molar-refractivity contribution in [3.63, 3.8) is 0 Å². The Balaban J connectivity index is 1.38. The van der Waals surface area contributed by atoms with Crippen LogP contribution in [0.3, 0.4) is 0 Å². The van der Waals surface area contributed by atoms with Gasteiger partial charge in [-0.1, -0.05) is 12.1 Å². The van der Waals surface area contributed by atoms with Crippen molar-refractivity contribution in [2.45, 2.75) is 6.92 Å². The van der Waals surface area contributed by atoms with Crippen molar-refractivity contribution in [3.8, 4) is 5.75 Å². The molecule has 9 nitrogen and oxygen atoms in total. The first-order chi connectivity index (χ1) is 15.0. The molecule has 31 heavy (non-hydrogen) atoms. The number of urea groups is 1. The zero-order chi connectivity index (χ0) is 21.8. The number of amides is 2. The fourth-order valence-electron chi connectivity index (χ4n) is 3.98. The number of hydrogen-bond acceptors (Lipinski definition) is 7. The molecule has 2 aliphatic heterocycles. The van der Waals surface area contributed by atoms with E-state index >= 15 is 0 Å². The molecule has 9 heteroatoms. The van der Waals surface area contributed by atoms with Crippen LogP contribution in [0, 0.1) is 6.92 Å². The van der Waals surface area contributed by atoms with Crippen molar-refractivity contribution in [1.82, 2.24) is 19.8 Å². The number of hydrogen-bond donors (Lipinski definition) is 1. The number of anilines is 3. The minimum Gasteiger partial charge on any atom is -0.495 e. The fraction of sp³-hybridized carbons (Fsp3) is 0.500. The van der Waals surface area contributed by atoms with E-state index in [4.69, 9.17) is 4.74 Å². The zero-order valence-corrected chi connectivity index (χ0v) is 18.5. The molecule has 2 amide bonds. The summed E-state index contributed by atoms with van der Waals surface area (Å²) in [4.78, 5) is 30.8. The van der Waals surface area contributed by atoms with E-state index in [2.05, 4.69) is 43.1 Å². The Morgan fingerprint density at radius 2 is 1.52 bits per heavy atom. The summed E-state index contributed by atoms with van der Waals surface area (Å²) in [5.74, 6) is 3.36. The molecule has 1 N–H and O–H groups in total. The molecule has 2 saturated heterocycles. The molecule has 2 aromatic rings. The largest absolute Gasteiger partial charge is 0.495 e. The summed E-state index contributed by atoms with van der Waals surface area (Å²) >= 11 is 0. The number of rotatable bonds is 4. The Morgan fingerprint density at radius 1 is 0.935 bits per heavy atom. The predicted octanol–water partition coefficient (Wildman–Crippen LogP) is 1.90. The summed E-state index contributed by atoms with van der Waals surface area (Å²) in [5.41, 5.74) is 0.681. The second-order valence-corrected chi connectivity index (χ2v) is 8.03. The van der Waals surface area contributed by atoms with Gasteiger partial charge in [0.2, 0.25) is 0 Å². The third-order valence-electron chi connectivity index (χ3n) is 5.88. The van der Waals surface area contributed by atoms with Gasteiger partial charge in [0.25, 0.3) is 0 Å². The number of benzene rings is 1. The first kappa shape index (κ1) is 21.2. The first-order valence-electron chi connectivity index (χ1n) is 10.8. The van der Waals surface area contributed by atoms with Crippen molar-refractivity contribution in [3.05, 3.63) is 36.2 Å². The van der Waals surface area contributed by atoms with Gasteiger partial charge < -0.3 is 29.7 Å². The highest BCUT2D eigenvalue weighted by Gasteiger charge is 2.24. The molecule has 4 rings (SSSR count). The number of likely N-dealkylation sites (N-methyl/N-ethyl adjacent to an activating group) is 1. The molecule has 0 aliphatic carbocycles. The van der Waals surface area contributed by atoms with E-state index in [1.807, 2.05) is 36.1 Å². The average Bonchev–Trinajstić information content (AvgIpc) is 2.79. The van der Waals surface area contributed by atoms with Gasteiger partial charge >= 0.3 is 6.03 Å². The lowest BCUT2D eigenvalue weighted by Crippen LogP contribution is -2.50. The number of nitrogens with zero attached hydrogens (tertiary/aromatic N) is 6. The molecular weight excluding hydrogens is 394 g/mol. The number of aromatic nitrogens is 2. The Morgan fingerprint density at radius 3 is 2.13 bits per heavy atom. The van der Waals surface area contributed by atoms with Crippen LogP contribution in [0.1, 0.15) is 5.82 Å². The number of carbonyl (C=O) groups excluding carboxylic acids is 1. The third kappa shape index (κ3) is 4.99. The quantitative estimate of drug-likeness (QED) is 0.802. The van der Waals surface area contributed by atoms with Crippen molar-refractivity contribution < 1.29 is 9.53 Å². The van der Waals surface area contributed by atoms with Crippen LogP contribution in [-0.2, 0) is 0 Å². The third-order valence-corrected chi connectivity index (χ3v) is 5.88. The van der Waals surface area contributed by atoms with E-state index < -0.39 is 0 Å². The van der Waals surface area contributed by atoms with Gasteiger partial charge in [0.15, 0.2) is 0 Å². The molecule has 0 atom stereocenters. The Labute approximate surface area is 183 Å². The van der Waals surface area contributed by atoms with E-state index in [0.29, 0.717) is 24.5 Å². The molecule has 0 spiro atoms. The summed E-state index contributed by atoms with van der Waals surface area (Å²) < 4.78 is 5.32. The topological polar surface area (TPSA) is 77.1 Å². The maximum Gasteiger partial charge on any atom is 0.322 e. The Hall–Kier alpha value is -3.07. The van der Waals surface area contributed by atoms with Gasteiger partial charge in [-0.3, -0.25) is 0 Å². The van der Waals surface area contributed by atoms with Crippen molar-refractivity contribution in [2.24, 2.45) is 0 Å². The van der Waals surface area contributed by atoms with Crippen molar-refractivity contribution in [2.75, 3.05) is 81.6 Å². The van der Waals surface area contributed by atoms with E-state index in [1.54, 1.807) is 7.11 Å². The van der Waals surface area contributed by atoms with Crippen LogP contribution in [0.25, 0.3) is 0 Å². The van der Waals surface area contributed by atoms with E-state index in [-0.39, 0.29) is 6.03 Å². The lowest BCUT2D eigenvalue weighted by Gasteiger charge is -2.36. The summed E-state index contributed by atoms with van der Waals surface area (Å²) in [7, 11) is 3.75. The molecule has 1 aromatic heterocycles. The standard InChI is InChI=1S/C22H31N7O2/c1-17-23-20(27-10-8-26(2)9-11-27)16-21(24-17)28-12-14-29(15-13-28)22(30)25-18-6-4-5-7-19(18)31-3/h4-7,16H,8-15H2,1-3H3,(H,25,30). The number of methoxy groups -OCH3 is 1.